The van der Waals surface area contributed by atoms with Crippen LogP contribution in [-0.2, 0) is 19.1 Å². The first-order valence-corrected chi connectivity index (χ1v) is 9.13. The molecule has 0 saturated carbocycles. The van der Waals surface area contributed by atoms with Gasteiger partial charge in [0.1, 0.15) is 5.75 Å². The number of carbonyl (C=O) groups is 3. The number of hydrogen-bond acceptors (Lipinski definition) is 7. The van der Waals surface area contributed by atoms with Gasteiger partial charge in [0.2, 0.25) is 0 Å². The van der Waals surface area contributed by atoms with Crippen LogP contribution in [0.5, 0.6) is 5.75 Å². The zero-order valence-electron chi connectivity index (χ0n) is 15.6. The first-order chi connectivity index (χ1) is 14.2. The fourth-order valence-electron chi connectivity index (χ4n) is 2.63. The molecule has 0 saturated heterocycles. The maximum absolute atomic E-state index is 12.3. The normalized spacial score (nSPS) is 15.8. The molecule has 2 aromatic carbocycles. The third-order valence-electron chi connectivity index (χ3n) is 4.15. The summed E-state index contributed by atoms with van der Waals surface area (Å²) in [7, 11) is 0. The van der Waals surface area contributed by atoms with Crippen LogP contribution in [0.1, 0.15) is 13.3 Å². The van der Waals surface area contributed by atoms with Crippen molar-refractivity contribution in [2.45, 2.75) is 25.6 Å². The number of benzene rings is 2. The Morgan fingerprint density at radius 2 is 2.07 bits per heavy atom. The average Bonchev–Trinajstić information content (AvgIpc) is 2.69. The van der Waals surface area contributed by atoms with E-state index in [1.54, 1.807) is 24.3 Å². The molecular weight excluding hydrogens is 418 g/mol. The number of para-hydroxylation sites is 2. The van der Waals surface area contributed by atoms with E-state index in [1.165, 1.54) is 19.1 Å². The van der Waals surface area contributed by atoms with Gasteiger partial charge in [0, 0.05) is 12.1 Å². The number of anilines is 2. The molecule has 2 amide bonds. The van der Waals surface area contributed by atoms with Crippen LogP contribution in [0, 0.1) is 10.1 Å². The molecule has 2 aromatic rings. The van der Waals surface area contributed by atoms with Gasteiger partial charge >= 0.3 is 5.97 Å². The monoisotopic (exact) mass is 433 g/mol. The van der Waals surface area contributed by atoms with Gasteiger partial charge < -0.3 is 20.1 Å². The van der Waals surface area contributed by atoms with Gasteiger partial charge in [-0.1, -0.05) is 23.7 Å². The molecule has 0 aliphatic carbocycles. The summed E-state index contributed by atoms with van der Waals surface area (Å²) in [6.07, 6.45) is -2.75. The Balaban J connectivity index is 1.58. The van der Waals surface area contributed by atoms with E-state index in [4.69, 9.17) is 21.1 Å². The number of nitrogens with zero attached hydrogens (tertiary/aromatic N) is 1. The summed E-state index contributed by atoms with van der Waals surface area (Å²) < 4.78 is 10.6. The number of halogens is 1. The van der Waals surface area contributed by atoms with Crippen molar-refractivity contribution in [1.29, 1.82) is 0 Å². The van der Waals surface area contributed by atoms with Crippen molar-refractivity contribution in [3.8, 4) is 5.75 Å². The lowest BCUT2D eigenvalue weighted by Gasteiger charge is -2.25. The molecule has 1 aliphatic rings. The fourth-order valence-corrected chi connectivity index (χ4v) is 2.80. The first-order valence-electron chi connectivity index (χ1n) is 8.75. The van der Waals surface area contributed by atoms with Crippen LogP contribution < -0.4 is 15.4 Å². The quantitative estimate of drug-likeness (QED) is 0.406. The molecule has 2 atom stereocenters. The zero-order valence-corrected chi connectivity index (χ0v) is 16.3. The Morgan fingerprint density at radius 3 is 2.80 bits per heavy atom. The Labute approximate surface area is 175 Å². The summed E-state index contributed by atoms with van der Waals surface area (Å²) in [6.45, 7) is 1.32. The summed E-state index contributed by atoms with van der Waals surface area (Å²) in [5, 5.41) is 15.9. The smallest absolute Gasteiger partial charge is 0.310 e. The Bertz CT molecular complexity index is 1030. The van der Waals surface area contributed by atoms with Crippen LogP contribution in [0.15, 0.2) is 42.5 Å². The van der Waals surface area contributed by atoms with Crippen molar-refractivity contribution in [2.24, 2.45) is 0 Å². The number of nitro benzene ring substituents is 1. The lowest BCUT2D eigenvalue weighted by Crippen LogP contribution is -2.40. The highest BCUT2D eigenvalue weighted by Gasteiger charge is 2.31. The number of nitro groups is 1. The molecule has 30 heavy (non-hydrogen) atoms. The predicted octanol–water partition coefficient (Wildman–Crippen LogP) is 2.91. The lowest BCUT2D eigenvalue weighted by molar-refractivity contribution is -0.384. The van der Waals surface area contributed by atoms with Crippen molar-refractivity contribution in [2.75, 3.05) is 10.6 Å². The number of non-ortho nitro benzene ring substituents is 1. The van der Waals surface area contributed by atoms with Crippen LogP contribution in [0.25, 0.3) is 0 Å². The number of nitrogens with one attached hydrogen (secondary N) is 2. The topological polar surface area (TPSA) is 137 Å². The van der Waals surface area contributed by atoms with Gasteiger partial charge in [0.15, 0.2) is 12.2 Å². The highest BCUT2D eigenvalue weighted by Crippen LogP contribution is 2.30. The lowest BCUT2D eigenvalue weighted by atomic mass is 10.1. The second-order valence-corrected chi connectivity index (χ2v) is 6.75. The van der Waals surface area contributed by atoms with Crippen LogP contribution in [0.3, 0.4) is 0 Å². The van der Waals surface area contributed by atoms with Crippen LogP contribution >= 0.6 is 11.6 Å². The molecular formula is C19H16ClN3O7. The van der Waals surface area contributed by atoms with Crippen molar-refractivity contribution in [1.82, 2.24) is 0 Å². The molecule has 156 valence electrons. The van der Waals surface area contributed by atoms with E-state index in [0.29, 0.717) is 11.4 Å². The zero-order chi connectivity index (χ0) is 21.8. The van der Waals surface area contributed by atoms with Gasteiger partial charge in [-0.15, -0.1) is 0 Å². The van der Waals surface area contributed by atoms with Gasteiger partial charge in [-0.3, -0.25) is 24.5 Å². The SMILES string of the molecule is C[C@@H](OC(=O)C[C@@H]1Oc2ccccc2NC1=O)C(=O)Nc1cc([N+](=O)[O-])ccc1Cl. The van der Waals surface area contributed by atoms with Crippen LogP contribution in [0.2, 0.25) is 5.02 Å². The second kappa shape index (κ2) is 8.78. The third-order valence-corrected chi connectivity index (χ3v) is 4.48. The summed E-state index contributed by atoms with van der Waals surface area (Å²) >= 11 is 5.94. The minimum absolute atomic E-state index is 0.00497. The molecule has 0 unspecified atom stereocenters. The predicted molar refractivity (Wildman–Crippen MR) is 106 cm³/mol. The number of rotatable bonds is 6. The van der Waals surface area contributed by atoms with Gasteiger partial charge in [-0.2, -0.15) is 0 Å². The van der Waals surface area contributed by atoms with Gasteiger partial charge in [0.25, 0.3) is 17.5 Å². The van der Waals surface area contributed by atoms with Crippen LogP contribution in [0.4, 0.5) is 17.1 Å². The largest absolute Gasteiger partial charge is 0.478 e. The van der Waals surface area contributed by atoms with Crippen LogP contribution in [-0.4, -0.2) is 34.9 Å². The van der Waals surface area contributed by atoms with Crippen molar-refractivity contribution in [3.63, 3.8) is 0 Å². The number of carbonyl (C=O) groups excluding carboxylic acids is 3. The summed E-state index contributed by atoms with van der Waals surface area (Å²) in [5.41, 5.74) is 0.235. The minimum atomic E-state index is -1.24. The molecule has 0 spiro atoms. The number of esters is 1. The molecule has 0 aromatic heterocycles. The van der Waals surface area contributed by atoms with E-state index in [9.17, 15) is 24.5 Å². The Morgan fingerprint density at radius 1 is 1.33 bits per heavy atom. The molecule has 1 heterocycles. The molecule has 10 nitrogen and oxygen atoms in total. The summed E-state index contributed by atoms with van der Waals surface area (Å²) in [6, 6.07) is 10.3. The molecule has 11 heteroatoms. The molecule has 3 rings (SSSR count). The number of hydrogen-bond donors (Lipinski definition) is 2. The number of ether oxygens (including phenoxy) is 2. The van der Waals surface area contributed by atoms with Crippen molar-refractivity contribution in [3.05, 3.63) is 57.6 Å². The van der Waals surface area contributed by atoms with E-state index in [0.717, 1.165) is 6.07 Å². The Hall–Kier alpha value is -3.66. The fraction of sp³-hybridized carbons (Fsp3) is 0.211. The highest BCUT2D eigenvalue weighted by molar-refractivity contribution is 6.33. The maximum Gasteiger partial charge on any atom is 0.310 e. The van der Waals surface area contributed by atoms with Crippen molar-refractivity contribution < 1.29 is 28.8 Å². The Kier molecular flexibility index (Phi) is 6.17. The van der Waals surface area contributed by atoms with Gasteiger partial charge in [-0.25, -0.2) is 0 Å². The maximum atomic E-state index is 12.3. The minimum Gasteiger partial charge on any atom is -0.478 e. The molecule has 1 aliphatic heterocycles. The summed E-state index contributed by atoms with van der Waals surface area (Å²) in [4.78, 5) is 46.8. The molecule has 0 bridgehead atoms. The van der Waals surface area contributed by atoms with E-state index in [1.807, 2.05) is 0 Å². The highest BCUT2D eigenvalue weighted by atomic mass is 35.5. The summed E-state index contributed by atoms with van der Waals surface area (Å²) in [5.74, 6) is -1.67. The van der Waals surface area contributed by atoms with Crippen molar-refractivity contribution >= 4 is 46.4 Å². The van der Waals surface area contributed by atoms with Gasteiger partial charge in [-0.05, 0) is 25.1 Å². The van der Waals surface area contributed by atoms with E-state index in [2.05, 4.69) is 10.6 Å². The average molecular weight is 434 g/mol. The second-order valence-electron chi connectivity index (χ2n) is 6.34. The van der Waals surface area contributed by atoms with E-state index < -0.39 is 41.3 Å². The molecule has 0 radical (unpaired) electrons. The number of fused-ring (bicyclic) bond motifs is 1. The van der Waals surface area contributed by atoms with Gasteiger partial charge in [0.05, 0.1) is 27.7 Å². The molecule has 2 N–H and O–H groups in total. The van der Waals surface area contributed by atoms with E-state index in [-0.39, 0.29) is 16.4 Å². The first kappa shape index (κ1) is 21.1. The van der Waals surface area contributed by atoms with E-state index >= 15 is 0 Å². The third kappa shape index (κ3) is 4.84. The molecule has 0 fully saturated rings. The standard InChI is InChI=1S/C19H16ClN3O7/c1-10(18(25)22-14-8-11(23(27)28)6-7-12(14)20)29-17(24)9-16-19(26)21-13-4-2-3-5-15(13)30-16/h2-8,10,16H,9H2,1H3,(H,21,26)(H,22,25)/t10-,16+/m1/s1. The number of amides is 2.